The molecule has 2 aromatic carbocycles. The van der Waals surface area contributed by atoms with Crippen molar-refractivity contribution in [2.45, 2.75) is 80.9 Å². The number of amides is 2. The number of nitrogens with one attached hydrogen (secondary N) is 1. The molecule has 2 aliphatic rings. The second-order valence-corrected chi connectivity index (χ2v) is 16.8. The van der Waals surface area contributed by atoms with Gasteiger partial charge in [0.2, 0.25) is 0 Å². The Labute approximate surface area is 209 Å². The molecule has 5 nitrogen and oxygen atoms in total. The molecule has 34 heavy (non-hydrogen) atoms. The number of carbonyl (C=O) groups excluding carboxylic acids is 1. The number of nitrogens with zero attached hydrogens (tertiary/aromatic N) is 1. The number of urea groups is 1. The third-order valence-corrected chi connectivity index (χ3v) is 13.2. The van der Waals surface area contributed by atoms with Gasteiger partial charge < -0.3 is 14.5 Å². The quantitative estimate of drug-likeness (QED) is 0.447. The van der Waals surface area contributed by atoms with E-state index in [0.717, 1.165) is 48.0 Å². The molecule has 0 atom stereocenters. The van der Waals surface area contributed by atoms with Crippen LogP contribution < -0.4 is 14.6 Å². The van der Waals surface area contributed by atoms with Gasteiger partial charge in [-0.15, -0.1) is 0 Å². The van der Waals surface area contributed by atoms with E-state index in [1.54, 1.807) is 16.7 Å². The smallest absolute Gasteiger partial charge is 0.321 e. The van der Waals surface area contributed by atoms with E-state index in [0.29, 0.717) is 12.5 Å². The second-order valence-electron chi connectivity index (χ2n) is 11.0. The summed E-state index contributed by atoms with van der Waals surface area (Å²) in [7, 11) is -0.190. The van der Waals surface area contributed by atoms with Gasteiger partial charge in [-0.3, -0.25) is 4.90 Å². The summed E-state index contributed by atoms with van der Waals surface area (Å²) in [5, 5.41) is 3.07. The van der Waals surface area contributed by atoms with E-state index in [2.05, 4.69) is 76.4 Å². The largest absolute Gasteiger partial charge is 0.543 e. The molecule has 7 heteroatoms. The number of anilines is 1. The zero-order valence-electron chi connectivity index (χ0n) is 21.6. The Morgan fingerprint density at radius 3 is 2.53 bits per heavy atom. The number of carbonyl (C=O) groups is 1. The van der Waals surface area contributed by atoms with Gasteiger partial charge in [0, 0.05) is 31.7 Å². The van der Waals surface area contributed by atoms with E-state index in [1.807, 2.05) is 7.05 Å². The molecule has 184 valence electrons. The third kappa shape index (κ3) is 5.02. The Bertz CT molecular complexity index is 1070. The van der Waals surface area contributed by atoms with Gasteiger partial charge in [-0.1, -0.05) is 38.6 Å². The van der Waals surface area contributed by atoms with Crippen LogP contribution in [0.25, 0.3) is 0 Å². The first-order chi connectivity index (χ1) is 16.0. The van der Waals surface area contributed by atoms with Crippen LogP contribution in [-0.2, 0) is 11.3 Å². The highest BCUT2D eigenvalue weighted by molar-refractivity contribution is 7.99. The summed E-state index contributed by atoms with van der Waals surface area (Å²) in [6, 6.07) is 10.8. The van der Waals surface area contributed by atoms with Gasteiger partial charge in [0.05, 0.1) is 10.6 Å². The summed E-state index contributed by atoms with van der Waals surface area (Å²) in [6.07, 6.45) is 2.14. The van der Waals surface area contributed by atoms with Crippen LogP contribution in [0.4, 0.5) is 10.5 Å². The Kier molecular flexibility index (Phi) is 7.09. The minimum atomic E-state index is -2.00. The highest BCUT2D eigenvalue weighted by Gasteiger charge is 2.39. The van der Waals surface area contributed by atoms with Crippen LogP contribution in [0.15, 0.2) is 40.1 Å². The Balaban J connectivity index is 1.73. The molecule has 2 amide bonds. The minimum Gasteiger partial charge on any atom is -0.543 e. The fraction of sp³-hybridized carbons (Fsp3) is 0.519. The molecular formula is C27H38N2O3SSi. The van der Waals surface area contributed by atoms with E-state index in [1.165, 1.54) is 16.0 Å². The summed E-state index contributed by atoms with van der Waals surface area (Å²) in [5.74, 6) is 1.52. The van der Waals surface area contributed by atoms with Gasteiger partial charge in [-0.05, 0) is 84.8 Å². The molecule has 1 N–H and O–H groups in total. The van der Waals surface area contributed by atoms with Gasteiger partial charge >= 0.3 is 6.03 Å². The summed E-state index contributed by atoms with van der Waals surface area (Å²) in [5.41, 5.74) is 4.84. The molecule has 0 radical (unpaired) electrons. The lowest BCUT2D eigenvalue weighted by molar-refractivity contribution is 0.0851. The Morgan fingerprint density at radius 1 is 1.15 bits per heavy atom. The van der Waals surface area contributed by atoms with Crippen LogP contribution in [0.1, 0.15) is 56.2 Å². The van der Waals surface area contributed by atoms with E-state index < -0.39 is 8.32 Å². The van der Waals surface area contributed by atoms with Crippen molar-refractivity contribution < 1.29 is 14.0 Å². The second kappa shape index (κ2) is 9.59. The summed E-state index contributed by atoms with van der Waals surface area (Å²) in [4.78, 5) is 16.1. The maximum absolute atomic E-state index is 12.0. The Morgan fingerprint density at radius 2 is 1.85 bits per heavy atom. The van der Waals surface area contributed by atoms with Crippen molar-refractivity contribution in [2.24, 2.45) is 0 Å². The number of fused-ring (bicyclic) bond motifs is 1. The third-order valence-electron chi connectivity index (χ3n) is 7.61. The van der Waals surface area contributed by atoms with Crippen molar-refractivity contribution in [3.05, 3.63) is 47.0 Å². The lowest BCUT2D eigenvalue weighted by atomic mass is 9.88. The fourth-order valence-corrected chi connectivity index (χ4v) is 6.53. The molecule has 2 aliphatic heterocycles. The van der Waals surface area contributed by atoms with E-state index in [4.69, 9.17) is 9.16 Å². The molecule has 0 saturated carbocycles. The average Bonchev–Trinajstić information content (AvgIpc) is 2.78. The monoisotopic (exact) mass is 498 g/mol. The highest BCUT2D eigenvalue weighted by atomic mass is 32.2. The predicted molar refractivity (Wildman–Crippen MR) is 143 cm³/mol. The first-order valence-electron chi connectivity index (χ1n) is 12.2. The van der Waals surface area contributed by atoms with E-state index in [-0.39, 0.29) is 11.1 Å². The van der Waals surface area contributed by atoms with Crippen molar-refractivity contribution in [3.63, 3.8) is 0 Å². The van der Waals surface area contributed by atoms with Crippen molar-refractivity contribution in [1.29, 1.82) is 0 Å². The molecule has 4 rings (SSSR count). The number of hydrogen-bond donors (Lipinski definition) is 1. The molecule has 0 unspecified atom stereocenters. The minimum absolute atomic E-state index is 0.0574. The number of ether oxygens (including phenoxy) is 1. The predicted octanol–water partition coefficient (Wildman–Crippen LogP) is 7.08. The van der Waals surface area contributed by atoms with Crippen LogP contribution in [0.2, 0.25) is 18.1 Å². The molecule has 0 bridgehead atoms. The van der Waals surface area contributed by atoms with Crippen LogP contribution in [0.5, 0.6) is 5.75 Å². The van der Waals surface area contributed by atoms with Crippen molar-refractivity contribution >= 4 is 31.8 Å². The Hall–Kier alpha value is -1.96. The first-order valence-corrected chi connectivity index (χ1v) is 15.9. The zero-order valence-corrected chi connectivity index (χ0v) is 23.4. The van der Waals surface area contributed by atoms with Crippen LogP contribution >= 0.6 is 11.8 Å². The van der Waals surface area contributed by atoms with Crippen molar-refractivity contribution in [3.8, 4) is 5.75 Å². The lowest BCUT2D eigenvalue weighted by Crippen LogP contribution is -2.44. The maximum Gasteiger partial charge on any atom is 0.321 e. The molecule has 0 aliphatic carbocycles. The molecule has 2 heterocycles. The van der Waals surface area contributed by atoms with Crippen LogP contribution in [0.3, 0.4) is 0 Å². The van der Waals surface area contributed by atoms with Crippen molar-refractivity contribution in [2.75, 3.05) is 25.2 Å². The zero-order chi connectivity index (χ0) is 24.7. The van der Waals surface area contributed by atoms with Gasteiger partial charge in [0.1, 0.15) is 5.75 Å². The first kappa shape index (κ1) is 25.1. The van der Waals surface area contributed by atoms with Gasteiger partial charge in [0.15, 0.2) is 0 Å². The summed E-state index contributed by atoms with van der Waals surface area (Å²) >= 11 is 1.78. The molecule has 2 aromatic rings. The molecule has 0 spiro atoms. The highest BCUT2D eigenvalue weighted by Crippen LogP contribution is 2.46. The maximum atomic E-state index is 12.0. The SMILES string of the molecule is Cc1c(C2CCOCC2)ccc(O[Si](C)(C)C(C)(C)C)c1Sc1ccc2c(c1)CNC(=O)N2C. The van der Waals surface area contributed by atoms with Gasteiger partial charge in [-0.25, -0.2) is 4.79 Å². The van der Waals surface area contributed by atoms with E-state index in [9.17, 15) is 4.79 Å². The number of benzene rings is 2. The normalized spacial score (nSPS) is 17.4. The van der Waals surface area contributed by atoms with Crippen molar-refractivity contribution in [1.82, 2.24) is 5.32 Å². The topological polar surface area (TPSA) is 50.8 Å². The molecule has 1 fully saturated rings. The summed E-state index contributed by atoms with van der Waals surface area (Å²) in [6.45, 7) is 15.9. The number of hydrogen-bond acceptors (Lipinski definition) is 4. The standard InChI is InChI=1S/C27H38N2O3SSi/c1-18-22(19-12-14-31-15-13-19)9-11-24(32-34(6,7)27(2,3)4)25(18)33-21-8-10-23-20(16-21)17-28-26(30)29(23)5/h8-11,16,19H,12-15,17H2,1-7H3,(H,28,30). The van der Waals surface area contributed by atoms with Crippen LogP contribution in [0, 0.1) is 6.92 Å². The molecular weight excluding hydrogens is 460 g/mol. The number of rotatable bonds is 5. The summed E-state index contributed by atoms with van der Waals surface area (Å²) < 4.78 is 12.5. The fourth-order valence-electron chi connectivity index (χ4n) is 4.38. The van der Waals surface area contributed by atoms with Gasteiger partial charge in [0.25, 0.3) is 8.32 Å². The molecule has 1 saturated heterocycles. The van der Waals surface area contributed by atoms with Gasteiger partial charge in [-0.2, -0.15) is 0 Å². The lowest BCUT2D eigenvalue weighted by Gasteiger charge is -2.37. The molecule has 0 aromatic heterocycles. The average molecular weight is 499 g/mol. The van der Waals surface area contributed by atoms with Crippen LogP contribution in [-0.4, -0.2) is 34.6 Å². The van der Waals surface area contributed by atoms with E-state index >= 15 is 0 Å².